The van der Waals surface area contributed by atoms with Crippen LogP contribution in [-0.4, -0.2) is 60.0 Å². The fourth-order valence-corrected chi connectivity index (χ4v) is 3.07. The lowest BCUT2D eigenvalue weighted by Crippen LogP contribution is -2.39. The molecule has 2 fully saturated rings. The first kappa shape index (κ1) is 13.3. The maximum Gasteiger partial charge on any atom is 0.311 e. The minimum atomic E-state index is -0.760. The minimum absolute atomic E-state index is 0.0662. The first-order valence-corrected chi connectivity index (χ1v) is 6.69. The molecule has 0 radical (unpaired) electrons. The molecule has 1 amide bonds. The van der Waals surface area contributed by atoms with Gasteiger partial charge in [-0.3, -0.25) is 9.59 Å². The van der Waals surface area contributed by atoms with Gasteiger partial charge in [-0.15, -0.1) is 0 Å². The molecular formula is C13H22N2O3. The normalized spacial score (nSPS) is 33.0. The summed E-state index contributed by atoms with van der Waals surface area (Å²) in [6.07, 6.45) is 2.09. The van der Waals surface area contributed by atoms with Crippen LogP contribution in [0.4, 0.5) is 0 Å². The Morgan fingerprint density at radius 1 is 1.39 bits per heavy atom. The van der Waals surface area contributed by atoms with Crippen molar-refractivity contribution >= 4 is 11.9 Å². The summed E-state index contributed by atoms with van der Waals surface area (Å²) < 4.78 is 0. The highest BCUT2D eigenvalue weighted by atomic mass is 16.4. The van der Waals surface area contributed by atoms with Crippen LogP contribution in [0.1, 0.15) is 26.2 Å². The Morgan fingerprint density at radius 2 is 2.11 bits per heavy atom. The highest BCUT2D eigenvalue weighted by Crippen LogP contribution is 2.35. The first-order valence-electron chi connectivity index (χ1n) is 6.69. The van der Waals surface area contributed by atoms with E-state index in [0.717, 1.165) is 19.5 Å². The molecule has 2 rings (SSSR count). The topological polar surface area (TPSA) is 60.9 Å². The number of hydrogen-bond acceptors (Lipinski definition) is 3. The molecule has 2 unspecified atom stereocenters. The van der Waals surface area contributed by atoms with E-state index in [2.05, 4.69) is 4.90 Å². The lowest BCUT2D eigenvalue weighted by molar-refractivity contribution is -0.148. The quantitative estimate of drug-likeness (QED) is 0.803. The second kappa shape index (κ2) is 4.88. The van der Waals surface area contributed by atoms with E-state index in [0.29, 0.717) is 25.9 Å². The number of likely N-dealkylation sites (tertiary alicyclic amines) is 2. The van der Waals surface area contributed by atoms with Gasteiger partial charge in [0, 0.05) is 19.6 Å². The van der Waals surface area contributed by atoms with E-state index in [1.807, 2.05) is 14.0 Å². The standard InChI is InChI=1S/C13H22N2O3/c1-3-13(12(17)18)5-7-15(9-13)11(16)10-4-6-14(2)8-10/h10H,3-9H2,1-2H3,(H,17,18). The van der Waals surface area contributed by atoms with Gasteiger partial charge in [-0.25, -0.2) is 0 Å². The highest BCUT2D eigenvalue weighted by Gasteiger charge is 2.46. The van der Waals surface area contributed by atoms with E-state index < -0.39 is 11.4 Å². The number of nitrogens with zero attached hydrogens (tertiary/aromatic N) is 2. The summed E-state index contributed by atoms with van der Waals surface area (Å²) in [6, 6.07) is 0. The summed E-state index contributed by atoms with van der Waals surface area (Å²) in [6.45, 7) is 4.64. The number of amides is 1. The molecule has 1 N–H and O–H groups in total. The lowest BCUT2D eigenvalue weighted by Gasteiger charge is -2.24. The van der Waals surface area contributed by atoms with E-state index in [4.69, 9.17) is 0 Å². The maximum atomic E-state index is 12.3. The smallest absolute Gasteiger partial charge is 0.311 e. The largest absolute Gasteiger partial charge is 0.481 e. The Bertz CT molecular complexity index is 358. The number of carbonyl (C=O) groups excluding carboxylic acids is 1. The van der Waals surface area contributed by atoms with Crippen LogP contribution in [0.5, 0.6) is 0 Å². The molecule has 2 atom stereocenters. The molecule has 0 aromatic rings. The zero-order valence-corrected chi connectivity index (χ0v) is 11.2. The molecule has 0 aromatic carbocycles. The summed E-state index contributed by atoms with van der Waals surface area (Å²) in [4.78, 5) is 27.6. The van der Waals surface area contributed by atoms with Crippen molar-refractivity contribution in [2.45, 2.75) is 26.2 Å². The van der Waals surface area contributed by atoms with Crippen LogP contribution in [0, 0.1) is 11.3 Å². The van der Waals surface area contributed by atoms with Crippen LogP contribution in [0.25, 0.3) is 0 Å². The van der Waals surface area contributed by atoms with Gasteiger partial charge in [0.25, 0.3) is 0 Å². The van der Waals surface area contributed by atoms with E-state index >= 15 is 0 Å². The molecular weight excluding hydrogens is 232 g/mol. The Morgan fingerprint density at radius 3 is 2.56 bits per heavy atom. The van der Waals surface area contributed by atoms with Crippen LogP contribution >= 0.6 is 0 Å². The Labute approximate surface area is 108 Å². The van der Waals surface area contributed by atoms with Crippen LogP contribution < -0.4 is 0 Å². The predicted octanol–water partition coefficient (Wildman–Crippen LogP) is 0.651. The van der Waals surface area contributed by atoms with Gasteiger partial charge in [0.05, 0.1) is 11.3 Å². The molecule has 2 heterocycles. The van der Waals surface area contributed by atoms with E-state index in [1.54, 1.807) is 4.90 Å². The zero-order valence-electron chi connectivity index (χ0n) is 11.2. The fourth-order valence-electron chi connectivity index (χ4n) is 3.07. The van der Waals surface area contributed by atoms with Gasteiger partial charge in [0.2, 0.25) is 5.91 Å². The molecule has 0 aliphatic carbocycles. The van der Waals surface area contributed by atoms with Gasteiger partial charge in [-0.2, -0.15) is 0 Å². The number of carboxylic acids is 1. The van der Waals surface area contributed by atoms with Gasteiger partial charge < -0.3 is 14.9 Å². The third-order valence-electron chi connectivity index (χ3n) is 4.54. The average molecular weight is 254 g/mol. The average Bonchev–Trinajstić information content (AvgIpc) is 2.95. The van der Waals surface area contributed by atoms with Crippen molar-refractivity contribution in [3.05, 3.63) is 0 Å². The molecule has 18 heavy (non-hydrogen) atoms. The molecule has 2 aliphatic heterocycles. The zero-order chi connectivity index (χ0) is 13.3. The Balaban J connectivity index is 2.00. The van der Waals surface area contributed by atoms with Crippen molar-refractivity contribution in [1.29, 1.82) is 0 Å². The molecule has 0 saturated carbocycles. The number of aliphatic carboxylic acids is 1. The van der Waals surface area contributed by atoms with E-state index in [-0.39, 0.29) is 11.8 Å². The van der Waals surface area contributed by atoms with Crippen molar-refractivity contribution in [2.75, 3.05) is 33.2 Å². The van der Waals surface area contributed by atoms with Crippen LogP contribution in [0.15, 0.2) is 0 Å². The lowest BCUT2D eigenvalue weighted by atomic mass is 9.84. The van der Waals surface area contributed by atoms with E-state index in [1.165, 1.54) is 0 Å². The third-order valence-corrected chi connectivity index (χ3v) is 4.54. The molecule has 0 aromatic heterocycles. The molecule has 2 aliphatic rings. The molecule has 5 nitrogen and oxygen atoms in total. The van der Waals surface area contributed by atoms with E-state index in [9.17, 15) is 14.7 Å². The maximum absolute atomic E-state index is 12.3. The molecule has 0 bridgehead atoms. The summed E-state index contributed by atoms with van der Waals surface area (Å²) in [7, 11) is 2.02. The van der Waals surface area contributed by atoms with Crippen LogP contribution in [0.3, 0.4) is 0 Å². The van der Waals surface area contributed by atoms with Crippen molar-refractivity contribution < 1.29 is 14.7 Å². The SMILES string of the molecule is CCC1(C(=O)O)CCN(C(=O)C2CCN(C)C2)C1. The fraction of sp³-hybridized carbons (Fsp3) is 0.846. The van der Waals surface area contributed by atoms with Gasteiger partial charge in [0.15, 0.2) is 0 Å². The first-order chi connectivity index (χ1) is 8.48. The number of rotatable bonds is 3. The highest BCUT2D eigenvalue weighted by molar-refractivity contribution is 5.82. The second-order valence-electron chi connectivity index (χ2n) is 5.70. The van der Waals surface area contributed by atoms with Crippen molar-refractivity contribution in [3.8, 4) is 0 Å². The summed E-state index contributed by atoms with van der Waals surface area (Å²) in [5, 5.41) is 9.32. The minimum Gasteiger partial charge on any atom is -0.481 e. The van der Waals surface area contributed by atoms with Crippen LogP contribution in [0.2, 0.25) is 0 Å². The second-order valence-corrected chi connectivity index (χ2v) is 5.70. The predicted molar refractivity (Wildman–Crippen MR) is 67.2 cm³/mol. The Kier molecular flexibility index (Phi) is 3.61. The van der Waals surface area contributed by atoms with Crippen molar-refractivity contribution in [1.82, 2.24) is 9.80 Å². The van der Waals surface area contributed by atoms with Gasteiger partial charge in [-0.1, -0.05) is 6.92 Å². The summed E-state index contributed by atoms with van der Waals surface area (Å²) in [5.74, 6) is -0.545. The molecule has 102 valence electrons. The summed E-state index contributed by atoms with van der Waals surface area (Å²) >= 11 is 0. The van der Waals surface area contributed by atoms with Gasteiger partial charge in [-0.05, 0) is 32.9 Å². The molecule has 0 spiro atoms. The Hall–Kier alpha value is -1.10. The number of carbonyl (C=O) groups is 2. The number of carboxylic acid groups (broad SMARTS) is 1. The molecule has 2 saturated heterocycles. The summed E-state index contributed by atoms with van der Waals surface area (Å²) in [5.41, 5.74) is -0.708. The van der Waals surface area contributed by atoms with Crippen LogP contribution in [-0.2, 0) is 9.59 Å². The monoisotopic (exact) mass is 254 g/mol. The van der Waals surface area contributed by atoms with Gasteiger partial charge >= 0.3 is 5.97 Å². The van der Waals surface area contributed by atoms with Crippen molar-refractivity contribution in [3.63, 3.8) is 0 Å². The molecule has 5 heteroatoms. The van der Waals surface area contributed by atoms with Crippen molar-refractivity contribution in [2.24, 2.45) is 11.3 Å². The third kappa shape index (κ3) is 2.23. The van der Waals surface area contributed by atoms with Gasteiger partial charge in [0.1, 0.15) is 0 Å². The number of hydrogen-bond donors (Lipinski definition) is 1.